The first-order valence-corrected chi connectivity index (χ1v) is 3.50. The van der Waals surface area contributed by atoms with Crippen molar-refractivity contribution in [2.45, 2.75) is 26.3 Å². The van der Waals surface area contributed by atoms with Crippen LogP contribution >= 0.6 is 0 Å². The van der Waals surface area contributed by atoms with Crippen molar-refractivity contribution in [2.75, 3.05) is 6.54 Å². The molecule has 2 heteroatoms. The molecule has 0 bridgehead atoms. The Balaban J connectivity index is 2.32. The molecular weight excluding hydrogens is 114 g/mol. The Morgan fingerprint density at radius 2 is 2.44 bits per heavy atom. The maximum atomic E-state index is 10.2. The smallest absolute Gasteiger partial charge is 0.209 e. The largest absolute Gasteiger partial charge is 0.342 e. The quantitative estimate of drug-likeness (QED) is 0.504. The molecule has 2 nitrogen and oxygen atoms in total. The maximum absolute atomic E-state index is 10.2. The molecule has 0 aliphatic carbocycles. The lowest BCUT2D eigenvalue weighted by atomic mass is 9.89. The lowest BCUT2D eigenvalue weighted by Crippen LogP contribution is -2.53. The highest BCUT2D eigenvalue weighted by atomic mass is 16.1. The van der Waals surface area contributed by atoms with Gasteiger partial charge in [0.15, 0.2) is 0 Å². The zero-order valence-corrected chi connectivity index (χ0v) is 6.00. The van der Waals surface area contributed by atoms with Crippen LogP contribution in [0.25, 0.3) is 0 Å². The molecule has 2 unspecified atom stereocenters. The highest BCUT2D eigenvalue weighted by Gasteiger charge is 2.32. The third-order valence-electron chi connectivity index (χ3n) is 2.31. The van der Waals surface area contributed by atoms with Gasteiger partial charge in [-0.05, 0) is 19.3 Å². The molecule has 1 saturated heterocycles. The highest BCUT2D eigenvalue weighted by molar-refractivity contribution is 5.49. The lowest BCUT2D eigenvalue weighted by molar-refractivity contribution is -0.128. The molecule has 2 atom stereocenters. The zero-order chi connectivity index (χ0) is 6.85. The average molecular weight is 127 g/mol. The molecule has 52 valence electrons. The van der Waals surface area contributed by atoms with E-state index < -0.39 is 0 Å². The van der Waals surface area contributed by atoms with E-state index in [9.17, 15) is 4.79 Å². The number of rotatable bonds is 2. The summed E-state index contributed by atoms with van der Waals surface area (Å²) in [5, 5.41) is 0. The van der Waals surface area contributed by atoms with Crippen molar-refractivity contribution in [3.63, 3.8) is 0 Å². The van der Waals surface area contributed by atoms with Crippen LogP contribution in [-0.4, -0.2) is 23.9 Å². The van der Waals surface area contributed by atoms with Crippen LogP contribution in [0, 0.1) is 5.92 Å². The second-order valence-corrected chi connectivity index (χ2v) is 2.71. The molecule has 0 aromatic carbocycles. The van der Waals surface area contributed by atoms with E-state index in [1.165, 1.54) is 6.42 Å². The third-order valence-corrected chi connectivity index (χ3v) is 2.31. The van der Waals surface area contributed by atoms with Crippen LogP contribution < -0.4 is 0 Å². The number of hydrogen-bond acceptors (Lipinski definition) is 1. The molecule has 1 heterocycles. The number of hydrogen-bond donors (Lipinski definition) is 0. The van der Waals surface area contributed by atoms with Crippen LogP contribution in [0.2, 0.25) is 0 Å². The maximum Gasteiger partial charge on any atom is 0.209 e. The van der Waals surface area contributed by atoms with E-state index >= 15 is 0 Å². The van der Waals surface area contributed by atoms with Crippen molar-refractivity contribution in [1.29, 1.82) is 0 Å². The summed E-state index contributed by atoms with van der Waals surface area (Å²) >= 11 is 0. The minimum Gasteiger partial charge on any atom is -0.342 e. The fourth-order valence-electron chi connectivity index (χ4n) is 1.33. The Bertz CT molecular complexity index is 113. The standard InChI is InChI=1S/C7H13NO/c1-3-7-4-8(5-9)6(7)2/h5-7H,3-4H2,1-2H3. The van der Waals surface area contributed by atoms with Crippen LogP contribution in [0.5, 0.6) is 0 Å². The molecule has 1 fully saturated rings. The Kier molecular flexibility index (Phi) is 1.74. The minimum absolute atomic E-state index is 0.493. The van der Waals surface area contributed by atoms with Crippen LogP contribution in [-0.2, 0) is 4.79 Å². The van der Waals surface area contributed by atoms with Gasteiger partial charge in [0.1, 0.15) is 0 Å². The Hall–Kier alpha value is -0.530. The van der Waals surface area contributed by atoms with Gasteiger partial charge >= 0.3 is 0 Å². The SMILES string of the molecule is CCC1CN(C=O)C1C. The Morgan fingerprint density at radius 3 is 2.78 bits per heavy atom. The highest BCUT2D eigenvalue weighted by Crippen LogP contribution is 2.24. The van der Waals surface area contributed by atoms with Gasteiger partial charge in [0.25, 0.3) is 0 Å². The van der Waals surface area contributed by atoms with Gasteiger partial charge in [-0.15, -0.1) is 0 Å². The van der Waals surface area contributed by atoms with Crippen LogP contribution in [0.1, 0.15) is 20.3 Å². The molecule has 0 aromatic rings. The predicted molar refractivity (Wildman–Crippen MR) is 36.0 cm³/mol. The van der Waals surface area contributed by atoms with E-state index in [0.717, 1.165) is 18.9 Å². The number of amides is 1. The fourth-order valence-corrected chi connectivity index (χ4v) is 1.33. The van der Waals surface area contributed by atoms with Crippen LogP contribution in [0.3, 0.4) is 0 Å². The van der Waals surface area contributed by atoms with E-state index in [4.69, 9.17) is 0 Å². The topological polar surface area (TPSA) is 20.3 Å². The van der Waals surface area contributed by atoms with Gasteiger partial charge in [0, 0.05) is 12.6 Å². The Morgan fingerprint density at radius 1 is 1.78 bits per heavy atom. The average Bonchev–Trinajstić information content (AvgIpc) is 1.87. The molecule has 0 aromatic heterocycles. The normalized spacial score (nSPS) is 33.8. The van der Waals surface area contributed by atoms with Gasteiger partial charge in [0.2, 0.25) is 6.41 Å². The zero-order valence-electron chi connectivity index (χ0n) is 6.00. The first kappa shape index (κ1) is 6.59. The van der Waals surface area contributed by atoms with Gasteiger partial charge in [-0.3, -0.25) is 4.79 Å². The van der Waals surface area contributed by atoms with Crippen molar-refractivity contribution >= 4 is 6.41 Å². The lowest BCUT2D eigenvalue weighted by Gasteiger charge is -2.43. The molecule has 1 aliphatic rings. The van der Waals surface area contributed by atoms with Gasteiger partial charge in [0.05, 0.1) is 0 Å². The van der Waals surface area contributed by atoms with E-state index in [1.807, 2.05) is 4.90 Å². The number of carbonyl (C=O) groups excluding carboxylic acids is 1. The summed E-state index contributed by atoms with van der Waals surface area (Å²) in [5.41, 5.74) is 0. The summed E-state index contributed by atoms with van der Waals surface area (Å²) in [6.07, 6.45) is 2.14. The molecule has 1 rings (SSSR count). The molecule has 0 spiro atoms. The number of likely N-dealkylation sites (tertiary alicyclic amines) is 1. The van der Waals surface area contributed by atoms with E-state index in [2.05, 4.69) is 13.8 Å². The minimum atomic E-state index is 0.493. The van der Waals surface area contributed by atoms with Crippen molar-refractivity contribution < 1.29 is 4.79 Å². The first-order valence-electron chi connectivity index (χ1n) is 3.50. The molecule has 0 saturated carbocycles. The summed E-state index contributed by atoms with van der Waals surface area (Å²) in [5.74, 6) is 0.759. The van der Waals surface area contributed by atoms with Crippen molar-refractivity contribution in [2.24, 2.45) is 5.92 Å². The summed E-state index contributed by atoms with van der Waals surface area (Å²) in [7, 11) is 0. The van der Waals surface area contributed by atoms with Gasteiger partial charge in [-0.1, -0.05) is 6.92 Å². The van der Waals surface area contributed by atoms with E-state index in [-0.39, 0.29) is 0 Å². The fraction of sp³-hybridized carbons (Fsp3) is 0.857. The second kappa shape index (κ2) is 2.38. The molecule has 0 radical (unpaired) electrons. The first-order chi connectivity index (χ1) is 4.29. The summed E-state index contributed by atoms with van der Waals surface area (Å²) < 4.78 is 0. The van der Waals surface area contributed by atoms with Crippen molar-refractivity contribution in [3.8, 4) is 0 Å². The number of nitrogens with zero attached hydrogens (tertiary/aromatic N) is 1. The van der Waals surface area contributed by atoms with E-state index in [1.54, 1.807) is 0 Å². The Labute approximate surface area is 55.8 Å². The molecule has 9 heavy (non-hydrogen) atoms. The summed E-state index contributed by atoms with van der Waals surface area (Å²) in [6.45, 7) is 5.25. The molecular formula is C7H13NO. The van der Waals surface area contributed by atoms with Gasteiger partial charge in [-0.25, -0.2) is 0 Å². The predicted octanol–water partition coefficient (Wildman–Crippen LogP) is 0.873. The van der Waals surface area contributed by atoms with Gasteiger partial charge in [-0.2, -0.15) is 0 Å². The molecule has 1 amide bonds. The summed E-state index contributed by atoms with van der Waals surface area (Å²) in [4.78, 5) is 12.0. The van der Waals surface area contributed by atoms with E-state index in [0.29, 0.717) is 6.04 Å². The van der Waals surface area contributed by atoms with Crippen LogP contribution in [0.4, 0.5) is 0 Å². The molecule has 1 aliphatic heterocycles. The molecule has 0 N–H and O–H groups in total. The number of carbonyl (C=O) groups is 1. The van der Waals surface area contributed by atoms with Crippen molar-refractivity contribution in [3.05, 3.63) is 0 Å². The second-order valence-electron chi connectivity index (χ2n) is 2.71. The van der Waals surface area contributed by atoms with Crippen molar-refractivity contribution in [1.82, 2.24) is 4.90 Å². The van der Waals surface area contributed by atoms with Gasteiger partial charge < -0.3 is 4.90 Å². The summed E-state index contributed by atoms with van der Waals surface area (Å²) in [6, 6.07) is 0.493. The third kappa shape index (κ3) is 0.934. The monoisotopic (exact) mass is 127 g/mol. The van der Waals surface area contributed by atoms with Crippen LogP contribution in [0.15, 0.2) is 0 Å².